The highest BCUT2D eigenvalue weighted by molar-refractivity contribution is 5.81. The van der Waals surface area contributed by atoms with Crippen LogP contribution in [0.15, 0.2) is 4.99 Å². The molecule has 0 spiro atoms. The van der Waals surface area contributed by atoms with Gasteiger partial charge in [-0.05, 0) is 19.8 Å². The topological polar surface area (TPSA) is 55.3 Å². The van der Waals surface area contributed by atoms with Crippen molar-refractivity contribution in [3.8, 4) is 0 Å². The van der Waals surface area contributed by atoms with Crippen LogP contribution in [0.4, 0.5) is 0 Å². The van der Waals surface area contributed by atoms with E-state index >= 15 is 0 Å². The van der Waals surface area contributed by atoms with E-state index in [9.17, 15) is 0 Å². The maximum Gasteiger partial charge on any atom is 0.194 e. The van der Waals surface area contributed by atoms with Crippen LogP contribution in [-0.2, 0) is 14.2 Å². The number of ether oxygens (including phenoxy) is 3. The van der Waals surface area contributed by atoms with Crippen molar-refractivity contribution in [3.63, 3.8) is 0 Å². The van der Waals surface area contributed by atoms with Gasteiger partial charge >= 0.3 is 0 Å². The van der Waals surface area contributed by atoms with Gasteiger partial charge in [0.25, 0.3) is 0 Å². The maximum atomic E-state index is 5.93. The molecule has 0 amide bonds. The second-order valence-corrected chi connectivity index (χ2v) is 8.15. The molecule has 3 fully saturated rings. The smallest absolute Gasteiger partial charge is 0.194 e. The lowest BCUT2D eigenvalue weighted by atomic mass is 9.57. The fraction of sp³-hybridized carbons (Fsp3) is 0.947. The summed E-state index contributed by atoms with van der Waals surface area (Å²) in [7, 11) is 1.71. The predicted molar refractivity (Wildman–Crippen MR) is 98.9 cm³/mol. The van der Waals surface area contributed by atoms with Crippen LogP contribution in [0.5, 0.6) is 0 Å². The third-order valence-corrected chi connectivity index (χ3v) is 6.06. The third kappa shape index (κ3) is 3.96. The molecule has 0 bridgehead atoms. The Bertz CT molecular complexity index is 469. The van der Waals surface area contributed by atoms with Gasteiger partial charge in [0.2, 0.25) is 0 Å². The quantitative estimate of drug-likeness (QED) is 0.429. The summed E-state index contributed by atoms with van der Waals surface area (Å²) >= 11 is 0. The number of guanidine groups is 1. The van der Waals surface area contributed by atoms with E-state index < -0.39 is 0 Å². The van der Waals surface area contributed by atoms with Crippen LogP contribution in [0, 0.1) is 17.3 Å². The zero-order valence-electron chi connectivity index (χ0n) is 16.3. The van der Waals surface area contributed by atoms with Gasteiger partial charge in [-0.25, -0.2) is 0 Å². The van der Waals surface area contributed by atoms with E-state index in [0.717, 1.165) is 38.8 Å². The number of fused-ring (bicyclic) bond motifs is 1. The molecular weight excluding hydrogens is 318 g/mol. The highest BCUT2D eigenvalue weighted by Crippen LogP contribution is 2.52. The first-order valence-electron chi connectivity index (χ1n) is 9.82. The van der Waals surface area contributed by atoms with Gasteiger partial charge in [0, 0.05) is 56.6 Å². The Morgan fingerprint density at radius 3 is 2.92 bits per heavy atom. The number of aliphatic imine (C=N–C) groups is 1. The van der Waals surface area contributed by atoms with Crippen molar-refractivity contribution in [2.24, 2.45) is 22.2 Å². The molecule has 1 aliphatic carbocycles. The van der Waals surface area contributed by atoms with E-state index in [1.165, 1.54) is 12.8 Å². The fourth-order valence-corrected chi connectivity index (χ4v) is 4.70. The highest BCUT2D eigenvalue weighted by Gasteiger charge is 2.59. The lowest BCUT2D eigenvalue weighted by molar-refractivity contribution is -0.107. The summed E-state index contributed by atoms with van der Waals surface area (Å²) in [6, 6.07) is 0.460. The Kier molecular flexibility index (Phi) is 6.23. The SMILES string of the molecule is CCN=C(NC1C2CCOC2C1(C)C)N1CCC(COCCOC)C1. The molecule has 6 heteroatoms. The Balaban J connectivity index is 1.53. The van der Waals surface area contributed by atoms with Gasteiger partial charge in [-0.1, -0.05) is 13.8 Å². The monoisotopic (exact) mass is 353 g/mol. The van der Waals surface area contributed by atoms with Gasteiger partial charge in [0.05, 0.1) is 25.9 Å². The molecule has 2 heterocycles. The second kappa shape index (κ2) is 8.23. The van der Waals surface area contributed by atoms with E-state index in [4.69, 9.17) is 19.2 Å². The first-order chi connectivity index (χ1) is 12.1. The first kappa shape index (κ1) is 18.9. The molecule has 1 saturated carbocycles. The number of likely N-dealkylation sites (tertiary alicyclic amines) is 1. The largest absolute Gasteiger partial charge is 0.382 e. The van der Waals surface area contributed by atoms with Crippen LogP contribution >= 0.6 is 0 Å². The predicted octanol–water partition coefficient (Wildman–Crippen LogP) is 1.75. The molecule has 2 aliphatic heterocycles. The molecule has 4 unspecified atom stereocenters. The van der Waals surface area contributed by atoms with E-state index in [0.29, 0.717) is 37.2 Å². The minimum Gasteiger partial charge on any atom is -0.382 e. The van der Waals surface area contributed by atoms with Crippen LogP contribution in [0.1, 0.15) is 33.6 Å². The van der Waals surface area contributed by atoms with E-state index in [2.05, 4.69) is 31.0 Å². The molecular formula is C19H35N3O3. The molecule has 144 valence electrons. The summed E-state index contributed by atoms with van der Waals surface area (Å²) < 4.78 is 16.7. The van der Waals surface area contributed by atoms with E-state index in [1.807, 2.05) is 0 Å². The molecule has 3 aliphatic rings. The molecule has 25 heavy (non-hydrogen) atoms. The Morgan fingerprint density at radius 2 is 2.16 bits per heavy atom. The number of nitrogens with zero attached hydrogens (tertiary/aromatic N) is 2. The highest BCUT2D eigenvalue weighted by atomic mass is 16.5. The molecule has 0 aromatic rings. The fourth-order valence-electron chi connectivity index (χ4n) is 4.70. The number of nitrogens with one attached hydrogen (secondary N) is 1. The summed E-state index contributed by atoms with van der Waals surface area (Å²) in [4.78, 5) is 7.19. The molecule has 6 nitrogen and oxygen atoms in total. The van der Waals surface area contributed by atoms with Gasteiger partial charge in [-0.3, -0.25) is 4.99 Å². The summed E-state index contributed by atoms with van der Waals surface area (Å²) in [5.41, 5.74) is 0.179. The lowest BCUT2D eigenvalue weighted by Gasteiger charge is -2.55. The van der Waals surface area contributed by atoms with Crippen molar-refractivity contribution in [3.05, 3.63) is 0 Å². The van der Waals surface area contributed by atoms with Crippen LogP contribution in [0.25, 0.3) is 0 Å². The summed E-state index contributed by atoms with van der Waals surface area (Å²) in [6.45, 7) is 12.7. The van der Waals surface area contributed by atoms with Crippen LogP contribution in [0.3, 0.4) is 0 Å². The molecule has 1 N–H and O–H groups in total. The molecule has 3 rings (SSSR count). The van der Waals surface area contributed by atoms with Crippen molar-refractivity contribution >= 4 is 5.96 Å². The van der Waals surface area contributed by atoms with E-state index in [1.54, 1.807) is 7.11 Å². The summed E-state index contributed by atoms with van der Waals surface area (Å²) in [6.07, 6.45) is 2.75. The standard InChI is InChI=1S/C19H35N3O3/c1-5-20-18(21-16-15-7-9-25-17(15)19(16,2)3)22-8-6-14(12-22)13-24-11-10-23-4/h14-17H,5-13H2,1-4H3,(H,20,21). The molecule has 4 atom stereocenters. The van der Waals surface area contributed by atoms with Crippen molar-refractivity contribution in [2.75, 3.05) is 53.2 Å². The van der Waals surface area contributed by atoms with Crippen molar-refractivity contribution in [1.82, 2.24) is 10.2 Å². The lowest BCUT2D eigenvalue weighted by Crippen LogP contribution is -2.68. The number of hydrogen-bond donors (Lipinski definition) is 1. The second-order valence-electron chi connectivity index (χ2n) is 8.15. The number of hydrogen-bond acceptors (Lipinski definition) is 4. The van der Waals surface area contributed by atoms with Gasteiger partial charge in [0.15, 0.2) is 5.96 Å². The Labute approximate surface area is 152 Å². The van der Waals surface area contributed by atoms with E-state index in [-0.39, 0.29) is 5.41 Å². The minimum absolute atomic E-state index is 0.179. The van der Waals surface area contributed by atoms with Gasteiger partial charge in [-0.15, -0.1) is 0 Å². The van der Waals surface area contributed by atoms with Gasteiger partial charge in [-0.2, -0.15) is 0 Å². The summed E-state index contributed by atoms with van der Waals surface area (Å²) in [5.74, 6) is 2.29. The maximum absolute atomic E-state index is 5.93. The third-order valence-electron chi connectivity index (χ3n) is 6.06. The zero-order chi connectivity index (χ0) is 17.9. The van der Waals surface area contributed by atoms with Gasteiger partial charge in [0.1, 0.15) is 0 Å². The average Bonchev–Trinajstić information content (AvgIpc) is 3.23. The number of methoxy groups -OCH3 is 1. The number of rotatable bonds is 7. The average molecular weight is 354 g/mol. The van der Waals surface area contributed by atoms with Crippen molar-refractivity contribution in [2.45, 2.75) is 45.8 Å². The van der Waals surface area contributed by atoms with Crippen LogP contribution in [0.2, 0.25) is 0 Å². The molecule has 2 saturated heterocycles. The zero-order valence-corrected chi connectivity index (χ0v) is 16.3. The molecule has 0 aromatic heterocycles. The van der Waals surface area contributed by atoms with Gasteiger partial charge < -0.3 is 24.4 Å². The molecule has 0 radical (unpaired) electrons. The summed E-state index contributed by atoms with van der Waals surface area (Å²) in [5, 5.41) is 3.79. The Hall–Kier alpha value is -0.850. The molecule has 0 aromatic carbocycles. The minimum atomic E-state index is 0.179. The normalized spacial score (nSPS) is 34.1. The van der Waals surface area contributed by atoms with Crippen LogP contribution in [-0.4, -0.2) is 76.2 Å². The van der Waals surface area contributed by atoms with Crippen molar-refractivity contribution < 1.29 is 14.2 Å². The Morgan fingerprint density at radius 1 is 1.32 bits per heavy atom. The van der Waals surface area contributed by atoms with Crippen molar-refractivity contribution in [1.29, 1.82) is 0 Å². The van der Waals surface area contributed by atoms with Crippen LogP contribution < -0.4 is 5.32 Å². The first-order valence-corrected chi connectivity index (χ1v) is 9.82.